The van der Waals surface area contributed by atoms with Gasteiger partial charge in [0.2, 0.25) is 0 Å². The molecule has 0 fully saturated rings. The third kappa shape index (κ3) is 58.1. The summed E-state index contributed by atoms with van der Waals surface area (Å²) in [5.74, 6) is 0. The Hall–Kier alpha value is 0.470. The van der Waals surface area contributed by atoms with E-state index in [1.54, 1.807) is 0 Å². The van der Waals surface area contributed by atoms with E-state index in [9.17, 15) is 0 Å². The van der Waals surface area contributed by atoms with Crippen LogP contribution in [0.5, 0.6) is 0 Å². The van der Waals surface area contributed by atoms with Gasteiger partial charge < -0.3 is 15.0 Å². The maximum absolute atomic E-state index is 8.33. The summed E-state index contributed by atoms with van der Waals surface area (Å²) in [6.07, 6.45) is -0.443. The fraction of sp³-hybridized carbons (Fsp3) is 0.250. The van der Waals surface area contributed by atoms with Gasteiger partial charge in [-0.05, 0) is 6.16 Å². The van der Waals surface area contributed by atoms with Gasteiger partial charge in [0.15, 0.2) is 0 Å². The molecule has 0 aromatic rings. The van der Waals surface area contributed by atoms with Crippen LogP contribution in [0, 0.1) is 0 Å². The number of halogens is 2. The van der Waals surface area contributed by atoms with Gasteiger partial charge in [0.1, 0.15) is 0 Å². The third-order valence-electron chi connectivity index (χ3n) is 0.178. The molecule has 9 heavy (non-hydrogen) atoms. The molecule has 0 saturated carbocycles. The number of hydrogen-bond acceptors (Lipinski definition) is 3. The van der Waals surface area contributed by atoms with Gasteiger partial charge in [-0.1, -0.05) is 51.3 Å². The van der Waals surface area contributed by atoms with Crippen LogP contribution in [0.15, 0.2) is 12.7 Å². The third-order valence-corrected chi connectivity index (χ3v) is 1.20. The topological polar surface area (TPSA) is 63.2 Å². The first-order valence-electron chi connectivity index (χ1n) is 1.79. The quantitative estimate of drug-likeness (QED) is 0.376. The summed E-state index contributed by atoms with van der Waals surface area (Å²) in [6, 6.07) is 0. The van der Waals surface area contributed by atoms with Crippen LogP contribution in [-0.4, -0.2) is 8.09 Å². The Labute approximate surface area is 80.4 Å². The first kappa shape index (κ1) is 12.2. The van der Waals surface area contributed by atoms with Crippen molar-refractivity contribution in [2.24, 2.45) is 0 Å². The van der Waals surface area contributed by atoms with Crippen LogP contribution in [0.4, 0.5) is 4.79 Å². The highest BCUT2D eigenvalue weighted by Gasteiger charge is 1.79. The smallest absolute Gasteiger partial charge is 0.0803 e. The van der Waals surface area contributed by atoms with Crippen molar-refractivity contribution in [3.05, 3.63) is 12.7 Å². The largest absolute Gasteiger partial charge is 0.652 e. The normalized spacial score (nSPS) is 7.44. The highest BCUT2D eigenvalue weighted by molar-refractivity contribution is 14.2. The van der Waals surface area contributed by atoms with Crippen molar-refractivity contribution in [3.8, 4) is 0 Å². The highest BCUT2D eigenvalue weighted by Crippen LogP contribution is 2.08. The zero-order valence-electron chi connectivity index (χ0n) is 4.34. The van der Waals surface area contributed by atoms with E-state index in [-0.39, 0.29) is 0 Å². The van der Waals surface area contributed by atoms with Gasteiger partial charge in [-0.3, -0.25) is 0 Å². The number of hydrogen-bond donors (Lipinski definition) is 0. The molecule has 0 saturated heterocycles. The molecule has 54 valence electrons. The Bertz CT molecular complexity index is 87.8. The predicted octanol–water partition coefficient (Wildman–Crippen LogP) is -0.0785. The maximum atomic E-state index is 8.33. The first-order chi connectivity index (χ1) is 4.00. The molecule has 0 aliphatic carbocycles. The summed E-state index contributed by atoms with van der Waals surface area (Å²) >= 11 is 4.55. The molecule has 0 rings (SSSR count). The molecule has 0 spiro atoms. The lowest BCUT2D eigenvalue weighted by molar-refractivity contribution is -0.415. The molecule has 0 heterocycles. The zero-order chi connectivity index (χ0) is 7.86. The Morgan fingerprint density at radius 1 is 1.56 bits per heavy atom. The first-order valence-corrected chi connectivity index (χ1v) is 4.28. The Morgan fingerprint density at radius 3 is 1.67 bits per heavy atom. The molecule has 0 N–H and O–H groups in total. The van der Waals surface area contributed by atoms with Crippen LogP contribution in [0.1, 0.15) is 0 Å². The summed E-state index contributed by atoms with van der Waals surface area (Å²) in [5, 5.41) is 16.7. The molecular weight excluding hydrogens is 350 g/mol. The van der Waals surface area contributed by atoms with Gasteiger partial charge in [-0.25, -0.2) is 0 Å². The molecule has 0 amide bonds. The van der Waals surface area contributed by atoms with Crippen LogP contribution in [0.2, 0.25) is 0 Å². The van der Waals surface area contributed by atoms with Crippen LogP contribution >= 0.6 is 45.2 Å². The van der Waals surface area contributed by atoms with E-state index in [2.05, 4.69) is 51.8 Å². The van der Waals surface area contributed by atoms with Crippen molar-refractivity contribution in [3.63, 3.8) is 0 Å². The highest BCUT2D eigenvalue weighted by atomic mass is 127. The van der Waals surface area contributed by atoms with Crippen LogP contribution < -0.4 is 10.2 Å². The van der Waals surface area contributed by atoms with Crippen molar-refractivity contribution < 1.29 is 15.0 Å². The van der Waals surface area contributed by atoms with Crippen LogP contribution in [0.25, 0.3) is 0 Å². The van der Waals surface area contributed by atoms with E-state index in [1.807, 2.05) is 6.08 Å². The maximum Gasteiger partial charge on any atom is 0.0803 e. The van der Waals surface area contributed by atoms with Gasteiger partial charge in [0, 0.05) is 0 Å². The monoisotopic (exact) mass is 354 g/mol. The van der Waals surface area contributed by atoms with Crippen molar-refractivity contribution in [1.29, 1.82) is 0 Å². The minimum atomic E-state index is -2.33. The number of rotatable bonds is 1. The van der Waals surface area contributed by atoms with E-state index >= 15 is 0 Å². The molecule has 0 unspecified atom stereocenters. The SMILES string of the molecule is C=CC(I)I.O=C([O-])[O-]. The summed E-state index contributed by atoms with van der Waals surface area (Å²) in [7, 11) is 0. The van der Waals surface area contributed by atoms with Crippen molar-refractivity contribution >= 4 is 51.3 Å². The number of carbonyl (C=O) groups is 1. The molecule has 0 aromatic heterocycles. The van der Waals surface area contributed by atoms with E-state index in [1.165, 1.54) is 0 Å². The average molecular weight is 354 g/mol. The molecule has 0 aliphatic rings. The lowest BCUT2D eigenvalue weighted by Gasteiger charge is -1.96. The number of alkyl halides is 2. The van der Waals surface area contributed by atoms with E-state index in [0.29, 0.717) is 1.93 Å². The fourth-order valence-corrected chi connectivity index (χ4v) is 0. The molecular formula is C4H4I2O3-2. The van der Waals surface area contributed by atoms with Crippen LogP contribution in [0.3, 0.4) is 0 Å². The number of allylic oxidation sites excluding steroid dienone is 1. The second-order valence-corrected chi connectivity index (χ2v) is 5.89. The van der Waals surface area contributed by atoms with E-state index in [4.69, 9.17) is 15.0 Å². The molecule has 0 aliphatic heterocycles. The second-order valence-electron chi connectivity index (χ2n) is 0.820. The molecule has 3 nitrogen and oxygen atoms in total. The lowest BCUT2D eigenvalue weighted by Crippen LogP contribution is -2.37. The molecule has 5 heteroatoms. The minimum absolute atomic E-state index is 0.588. The Balaban J connectivity index is 0. The summed E-state index contributed by atoms with van der Waals surface area (Å²) < 4.78 is 0.588. The van der Waals surface area contributed by atoms with Gasteiger partial charge >= 0.3 is 0 Å². The summed E-state index contributed by atoms with van der Waals surface area (Å²) in [5.41, 5.74) is 0. The minimum Gasteiger partial charge on any atom is -0.652 e. The summed E-state index contributed by atoms with van der Waals surface area (Å²) in [4.78, 5) is 8.33. The van der Waals surface area contributed by atoms with Gasteiger partial charge in [0.05, 0.1) is 1.93 Å². The van der Waals surface area contributed by atoms with Crippen molar-refractivity contribution in [1.82, 2.24) is 0 Å². The average Bonchev–Trinajstić information content (AvgIpc) is 1.65. The molecule has 0 bridgehead atoms. The van der Waals surface area contributed by atoms with Gasteiger partial charge in [-0.15, -0.1) is 6.58 Å². The molecule has 0 aromatic carbocycles. The fourth-order valence-electron chi connectivity index (χ4n) is 0. The zero-order valence-corrected chi connectivity index (χ0v) is 8.66. The number of carbonyl (C=O) groups excluding carboxylic acids is 1. The lowest BCUT2D eigenvalue weighted by atomic mass is 10.8. The Kier molecular flexibility index (Phi) is 11.5. The van der Waals surface area contributed by atoms with Crippen LogP contribution in [-0.2, 0) is 0 Å². The molecule has 0 radical (unpaired) electrons. The van der Waals surface area contributed by atoms with Crippen molar-refractivity contribution in [2.75, 3.05) is 0 Å². The molecule has 0 atom stereocenters. The second kappa shape index (κ2) is 8.47. The van der Waals surface area contributed by atoms with Gasteiger partial charge in [-0.2, -0.15) is 0 Å². The standard InChI is InChI=1S/C3H4I2.CH2O3/c1-2-3(4)5;2-1(3)4/h2-3H,1H2;(H2,2,3,4)/p-2. The van der Waals surface area contributed by atoms with Gasteiger partial charge in [0.25, 0.3) is 0 Å². The van der Waals surface area contributed by atoms with E-state index < -0.39 is 6.16 Å². The van der Waals surface area contributed by atoms with E-state index in [0.717, 1.165) is 0 Å². The Morgan fingerprint density at radius 2 is 1.67 bits per heavy atom. The summed E-state index contributed by atoms with van der Waals surface area (Å²) in [6.45, 7) is 3.55. The number of carboxylic acid groups (broad SMARTS) is 2. The predicted molar refractivity (Wildman–Crippen MR) is 47.4 cm³/mol. The van der Waals surface area contributed by atoms with Crippen molar-refractivity contribution in [2.45, 2.75) is 1.93 Å².